The zero-order chi connectivity index (χ0) is 14.3. The molecule has 1 fully saturated rings. The van der Waals surface area contributed by atoms with Crippen molar-refractivity contribution >= 4 is 17.8 Å². The third-order valence-electron chi connectivity index (χ3n) is 3.57. The second-order valence-electron chi connectivity index (χ2n) is 4.83. The monoisotopic (exact) mass is 265 g/mol. The van der Waals surface area contributed by atoms with Gasteiger partial charge in [-0.05, 0) is 13.0 Å². The predicted octanol–water partition coefficient (Wildman–Crippen LogP) is 1.43. The van der Waals surface area contributed by atoms with Gasteiger partial charge in [-0.2, -0.15) is 0 Å². The normalized spacial score (nSPS) is 23.2. The first kappa shape index (κ1) is 13.3. The maximum atomic E-state index is 11.9. The highest BCUT2D eigenvalue weighted by Gasteiger charge is 2.42. The molecule has 1 aliphatic rings. The maximum Gasteiger partial charge on any atom is 0.339 e. The van der Waals surface area contributed by atoms with Crippen molar-refractivity contribution in [3.8, 4) is 0 Å². The Morgan fingerprint density at radius 2 is 1.84 bits per heavy atom. The lowest BCUT2D eigenvalue weighted by molar-refractivity contribution is -0.140. The molecule has 1 N–H and O–H groups in total. The van der Waals surface area contributed by atoms with E-state index >= 15 is 0 Å². The molecule has 2 amide bonds. The minimum Gasteiger partial charge on any atom is -0.478 e. The quantitative estimate of drug-likeness (QED) is 0.835. The molecular formula is C13H15NO5. The molecule has 0 radical (unpaired) electrons. The zero-order valence-electron chi connectivity index (χ0n) is 11.0. The van der Waals surface area contributed by atoms with Crippen LogP contribution < -0.4 is 0 Å². The Bertz CT molecular complexity index is 539. The Morgan fingerprint density at radius 3 is 2.26 bits per heavy atom. The molecule has 6 heteroatoms. The Morgan fingerprint density at radius 1 is 1.32 bits per heavy atom. The fourth-order valence-corrected chi connectivity index (χ4v) is 2.17. The van der Waals surface area contributed by atoms with E-state index in [1.807, 2.05) is 0 Å². The Labute approximate surface area is 110 Å². The van der Waals surface area contributed by atoms with E-state index in [9.17, 15) is 14.4 Å². The van der Waals surface area contributed by atoms with Crippen molar-refractivity contribution < 1.29 is 23.9 Å². The second kappa shape index (κ2) is 4.53. The van der Waals surface area contributed by atoms with Crippen LogP contribution in [-0.4, -0.2) is 27.8 Å². The number of hydrogen-bond acceptors (Lipinski definition) is 4. The number of aromatic carboxylic acids is 1. The summed E-state index contributed by atoms with van der Waals surface area (Å²) in [5.41, 5.74) is 0.0511. The molecule has 0 saturated carbocycles. The van der Waals surface area contributed by atoms with E-state index in [-0.39, 0.29) is 41.5 Å². The molecule has 2 rings (SSSR count). The van der Waals surface area contributed by atoms with Gasteiger partial charge >= 0.3 is 5.97 Å². The fraction of sp³-hybridized carbons (Fsp3) is 0.462. The van der Waals surface area contributed by atoms with Crippen LogP contribution in [0.25, 0.3) is 0 Å². The summed E-state index contributed by atoms with van der Waals surface area (Å²) < 4.78 is 5.28. The van der Waals surface area contributed by atoms with Gasteiger partial charge in [0, 0.05) is 11.8 Å². The second-order valence-corrected chi connectivity index (χ2v) is 4.83. The van der Waals surface area contributed by atoms with Crippen molar-refractivity contribution in [3.63, 3.8) is 0 Å². The van der Waals surface area contributed by atoms with E-state index in [0.717, 1.165) is 4.90 Å². The van der Waals surface area contributed by atoms with Crippen molar-refractivity contribution in [3.05, 3.63) is 23.2 Å². The van der Waals surface area contributed by atoms with Crippen LogP contribution in [0, 0.1) is 18.8 Å². The van der Waals surface area contributed by atoms with Gasteiger partial charge in [-0.25, -0.2) is 4.79 Å². The van der Waals surface area contributed by atoms with Gasteiger partial charge in [-0.3, -0.25) is 14.5 Å². The van der Waals surface area contributed by atoms with Crippen molar-refractivity contribution in [2.45, 2.75) is 27.3 Å². The van der Waals surface area contributed by atoms with Crippen LogP contribution in [0.5, 0.6) is 0 Å². The largest absolute Gasteiger partial charge is 0.478 e. The van der Waals surface area contributed by atoms with Crippen molar-refractivity contribution in [1.29, 1.82) is 0 Å². The molecule has 2 unspecified atom stereocenters. The first-order chi connectivity index (χ1) is 8.82. The third-order valence-corrected chi connectivity index (χ3v) is 3.57. The van der Waals surface area contributed by atoms with Crippen LogP contribution in [0.4, 0.5) is 0 Å². The molecule has 102 valence electrons. The number of aryl methyl sites for hydroxylation is 1. The van der Waals surface area contributed by atoms with Crippen LogP contribution >= 0.6 is 0 Å². The van der Waals surface area contributed by atoms with Gasteiger partial charge in [-0.15, -0.1) is 0 Å². The minimum atomic E-state index is -1.09. The number of carboxylic acids is 1. The molecule has 0 aliphatic carbocycles. The summed E-state index contributed by atoms with van der Waals surface area (Å²) in [6, 6.07) is 1.35. The van der Waals surface area contributed by atoms with E-state index in [2.05, 4.69) is 0 Å². The Balaban J connectivity index is 2.22. The van der Waals surface area contributed by atoms with Crippen molar-refractivity contribution in [2.24, 2.45) is 11.8 Å². The predicted molar refractivity (Wildman–Crippen MR) is 64.3 cm³/mol. The number of rotatable bonds is 3. The Hall–Kier alpha value is -2.11. The van der Waals surface area contributed by atoms with E-state index < -0.39 is 5.97 Å². The molecule has 0 bridgehead atoms. The summed E-state index contributed by atoms with van der Waals surface area (Å²) in [7, 11) is 0. The van der Waals surface area contributed by atoms with Gasteiger partial charge in [0.25, 0.3) is 0 Å². The first-order valence-corrected chi connectivity index (χ1v) is 6.00. The number of nitrogens with zero attached hydrogens (tertiary/aromatic N) is 1. The van der Waals surface area contributed by atoms with E-state index in [1.165, 1.54) is 13.0 Å². The summed E-state index contributed by atoms with van der Waals surface area (Å²) in [5, 5.41) is 8.92. The average Bonchev–Trinajstić information content (AvgIpc) is 2.80. The molecule has 2 atom stereocenters. The molecule has 19 heavy (non-hydrogen) atoms. The van der Waals surface area contributed by atoms with E-state index in [4.69, 9.17) is 9.52 Å². The number of carbonyl (C=O) groups is 3. The number of furan rings is 1. The van der Waals surface area contributed by atoms with Gasteiger partial charge in [0.05, 0.1) is 6.54 Å². The lowest BCUT2D eigenvalue weighted by atomic mass is 10.00. The fourth-order valence-electron chi connectivity index (χ4n) is 2.17. The zero-order valence-corrected chi connectivity index (χ0v) is 11.0. The molecule has 0 spiro atoms. The van der Waals surface area contributed by atoms with Gasteiger partial charge in [0.15, 0.2) is 0 Å². The Kier molecular flexibility index (Phi) is 3.18. The van der Waals surface area contributed by atoms with Crippen molar-refractivity contribution in [1.82, 2.24) is 4.90 Å². The summed E-state index contributed by atoms with van der Waals surface area (Å²) in [4.78, 5) is 35.8. The third kappa shape index (κ3) is 2.14. The number of imide groups is 1. The van der Waals surface area contributed by atoms with Crippen LogP contribution in [-0.2, 0) is 16.1 Å². The van der Waals surface area contributed by atoms with Crippen LogP contribution in [0.15, 0.2) is 10.5 Å². The molecular weight excluding hydrogens is 250 g/mol. The summed E-state index contributed by atoms with van der Waals surface area (Å²) >= 11 is 0. The standard InChI is InChI=1S/C13H15NO5/c1-6-7(2)12(16)14(11(6)15)5-9-4-10(13(17)18)8(3)19-9/h4,6-7H,5H2,1-3H3,(H,17,18). The topological polar surface area (TPSA) is 87.8 Å². The number of carboxylic acid groups (broad SMARTS) is 1. The molecule has 6 nitrogen and oxygen atoms in total. The summed E-state index contributed by atoms with van der Waals surface area (Å²) in [5.74, 6) is -1.70. The van der Waals surface area contributed by atoms with Gasteiger partial charge < -0.3 is 9.52 Å². The average molecular weight is 265 g/mol. The molecule has 1 aliphatic heterocycles. The maximum absolute atomic E-state index is 11.9. The molecule has 1 aromatic heterocycles. The number of carbonyl (C=O) groups excluding carboxylic acids is 2. The number of hydrogen-bond donors (Lipinski definition) is 1. The highest BCUT2D eigenvalue weighted by atomic mass is 16.4. The number of amides is 2. The molecule has 1 aromatic rings. The lowest BCUT2D eigenvalue weighted by Gasteiger charge is -2.12. The van der Waals surface area contributed by atoms with Gasteiger partial charge in [-0.1, -0.05) is 13.8 Å². The van der Waals surface area contributed by atoms with E-state index in [0.29, 0.717) is 5.76 Å². The molecule has 1 saturated heterocycles. The highest BCUT2D eigenvalue weighted by molar-refractivity contribution is 6.04. The van der Waals surface area contributed by atoms with Gasteiger partial charge in [0.1, 0.15) is 17.1 Å². The van der Waals surface area contributed by atoms with Crippen LogP contribution in [0.3, 0.4) is 0 Å². The first-order valence-electron chi connectivity index (χ1n) is 6.00. The van der Waals surface area contributed by atoms with Crippen molar-refractivity contribution in [2.75, 3.05) is 0 Å². The highest BCUT2D eigenvalue weighted by Crippen LogP contribution is 2.27. The van der Waals surface area contributed by atoms with E-state index in [1.54, 1.807) is 13.8 Å². The molecule has 2 heterocycles. The lowest BCUT2D eigenvalue weighted by Crippen LogP contribution is -2.30. The van der Waals surface area contributed by atoms with Gasteiger partial charge in [0.2, 0.25) is 11.8 Å². The van der Waals surface area contributed by atoms with Crippen LogP contribution in [0.2, 0.25) is 0 Å². The minimum absolute atomic E-state index is 0.0134. The smallest absolute Gasteiger partial charge is 0.339 e. The summed E-state index contributed by atoms with van der Waals surface area (Å²) in [6.45, 7) is 4.94. The number of likely N-dealkylation sites (tertiary alicyclic amines) is 1. The SMILES string of the molecule is Cc1oc(CN2C(=O)C(C)C(C)C2=O)cc1C(=O)O. The van der Waals surface area contributed by atoms with Crippen LogP contribution in [0.1, 0.15) is 35.7 Å². The summed E-state index contributed by atoms with van der Waals surface area (Å²) in [6.07, 6.45) is 0. The molecule has 0 aromatic carbocycles.